The molecule has 1 aliphatic carbocycles. The van der Waals surface area contributed by atoms with E-state index in [0.29, 0.717) is 5.41 Å². The van der Waals surface area contributed by atoms with Crippen LogP contribution in [0.25, 0.3) is 5.65 Å². The lowest BCUT2D eigenvalue weighted by molar-refractivity contribution is 0.309. The fourth-order valence-corrected chi connectivity index (χ4v) is 2.48. The molecule has 2 aromatic heterocycles. The van der Waals surface area contributed by atoms with Crippen LogP contribution >= 0.6 is 0 Å². The maximum atomic E-state index is 4.68. The third kappa shape index (κ3) is 1.36. The van der Waals surface area contributed by atoms with Crippen LogP contribution in [0.2, 0.25) is 0 Å². The molecule has 3 rings (SSSR count). The van der Waals surface area contributed by atoms with Gasteiger partial charge in [0.2, 0.25) is 0 Å². The first-order valence-corrected chi connectivity index (χ1v) is 5.61. The zero-order chi connectivity index (χ0) is 10.5. The normalized spacial score (nSPS) is 19.1. The van der Waals surface area contributed by atoms with E-state index in [0.717, 1.165) is 18.5 Å². The zero-order valence-corrected chi connectivity index (χ0v) is 9.33. The SMILES string of the molecule is CC1(C)CCc2nc3ccccn3c2C1. The van der Waals surface area contributed by atoms with Crippen LogP contribution in [0.5, 0.6) is 0 Å². The van der Waals surface area contributed by atoms with Crippen molar-refractivity contribution in [2.24, 2.45) is 5.41 Å². The summed E-state index contributed by atoms with van der Waals surface area (Å²) in [5.74, 6) is 0. The highest BCUT2D eigenvalue weighted by Crippen LogP contribution is 2.34. The number of hydrogen-bond acceptors (Lipinski definition) is 1. The van der Waals surface area contributed by atoms with Gasteiger partial charge < -0.3 is 4.40 Å². The molecule has 0 spiro atoms. The van der Waals surface area contributed by atoms with Gasteiger partial charge in [0, 0.05) is 11.9 Å². The average Bonchev–Trinajstić information content (AvgIpc) is 2.55. The molecule has 1 aliphatic rings. The lowest BCUT2D eigenvalue weighted by Gasteiger charge is -2.28. The molecular weight excluding hydrogens is 184 g/mol. The highest BCUT2D eigenvalue weighted by Gasteiger charge is 2.28. The molecule has 2 heterocycles. The summed E-state index contributed by atoms with van der Waals surface area (Å²) in [6.07, 6.45) is 5.66. The van der Waals surface area contributed by atoms with Crippen molar-refractivity contribution >= 4 is 5.65 Å². The van der Waals surface area contributed by atoms with E-state index in [-0.39, 0.29) is 0 Å². The lowest BCUT2D eigenvalue weighted by Crippen LogP contribution is -2.22. The maximum Gasteiger partial charge on any atom is 0.137 e. The smallest absolute Gasteiger partial charge is 0.137 e. The molecule has 0 bridgehead atoms. The van der Waals surface area contributed by atoms with E-state index in [1.807, 2.05) is 0 Å². The number of imidazole rings is 1. The van der Waals surface area contributed by atoms with Gasteiger partial charge in [-0.1, -0.05) is 19.9 Å². The highest BCUT2D eigenvalue weighted by atomic mass is 15.0. The van der Waals surface area contributed by atoms with E-state index < -0.39 is 0 Å². The molecule has 0 fully saturated rings. The van der Waals surface area contributed by atoms with Gasteiger partial charge >= 0.3 is 0 Å². The van der Waals surface area contributed by atoms with Crippen LogP contribution in [-0.2, 0) is 12.8 Å². The average molecular weight is 200 g/mol. The van der Waals surface area contributed by atoms with E-state index in [9.17, 15) is 0 Å². The molecule has 0 atom stereocenters. The van der Waals surface area contributed by atoms with Crippen molar-refractivity contribution in [3.8, 4) is 0 Å². The van der Waals surface area contributed by atoms with Gasteiger partial charge in [-0.15, -0.1) is 0 Å². The van der Waals surface area contributed by atoms with Crippen LogP contribution in [0.3, 0.4) is 0 Å². The van der Waals surface area contributed by atoms with Crippen molar-refractivity contribution in [3.05, 3.63) is 35.8 Å². The number of aromatic nitrogens is 2. The van der Waals surface area contributed by atoms with E-state index >= 15 is 0 Å². The van der Waals surface area contributed by atoms with Crippen LogP contribution in [0.4, 0.5) is 0 Å². The van der Waals surface area contributed by atoms with Gasteiger partial charge in [0.15, 0.2) is 0 Å². The summed E-state index contributed by atoms with van der Waals surface area (Å²) in [5, 5.41) is 0. The van der Waals surface area contributed by atoms with E-state index in [2.05, 4.69) is 47.6 Å². The largest absolute Gasteiger partial charge is 0.304 e. The summed E-state index contributed by atoms with van der Waals surface area (Å²) >= 11 is 0. The Bertz CT molecular complexity index is 508. The summed E-state index contributed by atoms with van der Waals surface area (Å²) in [6, 6.07) is 6.22. The Hall–Kier alpha value is -1.31. The minimum Gasteiger partial charge on any atom is -0.304 e. The molecule has 0 aliphatic heterocycles. The topological polar surface area (TPSA) is 17.3 Å². The second-order valence-corrected chi connectivity index (χ2v) is 5.28. The summed E-state index contributed by atoms with van der Waals surface area (Å²) in [7, 11) is 0. The van der Waals surface area contributed by atoms with Gasteiger partial charge in [-0.3, -0.25) is 0 Å². The summed E-state index contributed by atoms with van der Waals surface area (Å²) in [4.78, 5) is 4.68. The van der Waals surface area contributed by atoms with Crippen LogP contribution in [0.15, 0.2) is 24.4 Å². The van der Waals surface area contributed by atoms with Crippen molar-refractivity contribution < 1.29 is 0 Å². The van der Waals surface area contributed by atoms with Crippen molar-refractivity contribution in [1.82, 2.24) is 9.38 Å². The number of fused-ring (bicyclic) bond motifs is 3. The Balaban J connectivity index is 2.22. The van der Waals surface area contributed by atoms with E-state index in [4.69, 9.17) is 0 Å². The number of nitrogens with zero attached hydrogens (tertiary/aromatic N) is 2. The predicted octanol–water partition coefficient (Wildman–Crippen LogP) is 2.85. The fourth-order valence-electron chi connectivity index (χ4n) is 2.48. The molecule has 15 heavy (non-hydrogen) atoms. The Morgan fingerprint density at radius 1 is 1.33 bits per heavy atom. The monoisotopic (exact) mass is 200 g/mol. The first-order chi connectivity index (χ1) is 7.16. The molecule has 0 aromatic carbocycles. The van der Waals surface area contributed by atoms with E-state index in [1.54, 1.807) is 0 Å². The summed E-state index contributed by atoms with van der Waals surface area (Å²) < 4.78 is 2.25. The van der Waals surface area contributed by atoms with Gasteiger partial charge in [0.25, 0.3) is 0 Å². The van der Waals surface area contributed by atoms with Gasteiger partial charge in [0.1, 0.15) is 5.65 Å². The number of pyridine rings is 1. The van der Waals surface area contributed by atoms with Gasteiger partial charge in [-0.2, -0.15) is 0 Å². The molecule has 0 unspecified atom stereocenters. The molecule has 2 aromatic rings. The highest BCUT2D eigenvalue weighted by molar-refractivity contribution is 5.44. The Morgan fingerprint density at radius 2 is 2.20 bits per heavy atom. The molecule has 0 saturated carbocycles. The second-order valence-electron chi connectivity index (χ2n) is 5.28. The van der Waals surface area contributed by atoms with Crippen molar-refractivity contribution in [2.45, 2.75) is 33.1 Å². The number of rotatable bonds is 0. The van der Waals surface area contributed by atoms with Crippen LogP contribution in [0.1, 0.15) is 31.7 Å². The minimum atomic E-state index is 0.429. The van der Waals surface area contributed by atoms with Gasteiger partial charge in [-0.05, 0) is 36.8 Å². The van der Waals surface area contributed by atoms with Crippen LogP contribution < -0.4 is 0 Å². The molecule has 0 radical (unpaired) electrons. The van der Waals surface area contributed by atoms with Crippen molar-refractivity contribution in [1.29, 1.82) is 0 Å². The third-order valence-electron chi connectivity index (χ3n) is 3.40. The Labute approximate surface area is 90.0 Å². The third-order valence-corrected chi connectivity index (χ3v) is 3.40. The standard InChI is InChI=1S/C13H16N2/c1-13(2)7-6-10-11(9-13)15-8-4-3-5-12(15)14-10/h3-5,8H,6-7,9H2,1-2H3. The summed E-state index contributed by atoms with van der Waals surface area (Å²) in [6.45, 7) is 4.69. The number of hydrogen-bond donors (Lipinski definition) is 0. The maximum absolute atomic E-state index is 4.68. The van der Waals surface area contributed by atoms with Crippen molar-refractivity contribution in [2.75, 3.05) is 0 Å². The predicted molar refractivity (Wildman–Crippen MR) is 61.0 cm³/mol. The first kappa shape index (κ1) is 8.96. The number of aryl methyl sites for hydroxylation is 1. The Kier molecular flexibility index (Phi) is 1.70. The Morgan fingerprint density at radius 3 is 3.07 bits per heavy atom. The molecule has 0 N–H and O–H groups in total. The van der Waals surface area contributed by atoms with Gasteiger partial charge in [-0.25, -0.2) is 4.98 Å². The van der Waals surface area contributed by atoms with Crippen LogP contribution in [0, 0.1) is 5.41 Å². The van der Waals surface area contributed by atoms with Crippen molar-refractivity contribution in [3.63, 3.8) is 0 Å². The van der Waals surface area contributed by atoms with Crippen LogP contribution in [-0.4, -0.2) is 9.38 Å². The molecule has 2 heteroatoms. The molecule has 0 saturated heterocycles. The minimum absolute atomic E-state index is 0.429. The summed E-state index contributed by atoms with van der Waals surface area (Å²) in [5.41, 5.74) is 4.25. The second kappa shape index (κ2) is 2.84. The zero-order valence-electron chi connectivity index (χ0n) is 9.33. The molecular formula is C13H16N2. The molecule has 0 amide bonds. The molecule has 2 nitrogen and oxygen atoms in total. The first-order valence-electron chi connectivity index (χ1n) is 5.61. The van der Waals surface area contributed by atoms with E-state index in [1.165, 1.54) is 17.8 Å². The molecule has 78 valence electrons. The fraction of sp³-hybridized carbons (Fsp3) is 0.462. The lowest BCUT2D eigenvalue weighted by atomic mass is 9.78. The van der Waals surface area contributed by atoms with Gasteiger partial charge in [0.05, 0.1) is 5.69 Å². The quantitative estimate of drug-likeness (QED) is 0.639.